The fourth-order valence-corrected chi connectivity index (χ4v) is 1.99. The molecular formula is C7H6N4OS2. The van der Waals surface area contributed by atoms with Gasteiger partial charge in [-0.1, -0.05) is 6.08 Å². The summed E-state index contributed by atoms with van der Waals surface area (Å²) in [5.41, 5.74) is 5.22. The zero-order valence-electron chi connectivity index (χ0n) is 6.95. The Morgan fingerprint density at radius 3 is 3.07 bits per heavy atom. The molecule has 72 valence electrons. The van der Waals surface area contributed by atoms with Gasteiger partial charge < -0.3 is 5.73 Å². The van der Waals surface area contributed by atoms with E-state index in [9.17, 15) is 4.79 Å². The van der Waals surface area contributed by atoms with Gasteiger partial charge in [0, 0.05) is 0 Å². The van der Waals surface area contributed by atoms with E-state index in [1.165, 1.54) is 0 Å². The van der Waals surface area contributed by atoms with Crippen molar-refractivity contribution in [3.05, 3.63) is 22.5 Å². The van der Waals surface area contributed by atoms with Crippen LogP contribution in [-0.4, -0.2) is 16.5 Å². The van der Waals surface area contributed by atoms with Gasteiger partial charge in [-0.3, -0.25) is 4.79 Å². The Balaban J connectivity index is 2.94. The highest BCUT2D eigenvalue weighted by molar-refractivity contribution is 7.94. The number of carbonyl (C=O) groups excluding carboxylic acids is 1. The number of nitrogens with two attached hydrogens (primary N) is 1. The summed E-state index contributed by atoms with van der Waals surface area (Å²) < 4.78 is 3.90. The predicted octanol–water partition coefficient (Wildman–Crippen LogP) is 0.340. The standard InChI is InChI=1S/C7H6N4OS2/c8-4-6-2-1-3-14(6)10-11(5-12)7(9)13/h1-3,5H,(H2,9,13). The quantitative estimate of drug-likeness (QED) is 0.418. The molecule has 1 aliphatic rings. The van der Waals surface area contributed by atoms with Crippen LogP contribution in [0.25, 0.3) is 0 Å². The average molecular weight is 226 g/mol. The summed E-state index contributed by atoms with van der Waals surface area (Å²) in [5.74, 6) is 0. The lowest BCUT2D eigenvalue weighted by Crippen LogP contribution is -2.29. The maximum atomic E-state index is 10.5. The highest BCUT2D eigenvalue weighted by Crippen LogP contribution is 2.13. The van der Waals surface area contributed by atoms with Crippen LogP contribution in [0.2, 0.25) is 0 Å². The van der Waals surface area contributed by atoms with E-state index in [1.807, 2.05) is 6.07 Å². The Hall–Kier alpha value is -1.52. The van der Waals surface area contributed by atoms with Gasteiger partial charge in [0.2, 0.25) is 6.41 Å². The summed E-state index contributed by atoms with van der Waals surface area (Å²) in [5, 5.41) is 11.1. The molecule has 1 unspecified atom stereocenters. The first-order valence-electron chi connectivity index (χ1n) is 3.46. The Bertz CT molecular complexity index is 404. The molecule has 0 radical (unpaired) electrons. The van der Waals surface area contributed by atoms with Crippen LogP contribution in [0.5, 0.6) is 0 Å². The molecule has 0 aromatic carbocycles. The molecule has 5 nitrogen and oxygen atoms in total. The summed E-state index contributed by atoms with van der Waals surface area (Å²) in [7, 11) is -0.744. The first-order valence-corrected chi connectivity index (χ1v) is 5.11. The van der Waals surface area contributed by atoms with Gasteiger partial charge in [-0.2, -0.15) is 10.3 Å². The highest BCUT2D eigenvalue weighted by Gasteiger charge is 2.09. The van der Waals surface area contributed by atoms with Crippen molar-refractivity contribution in [1.82, 2.24) is 5.01 Å². The minimum atomic E-state index is -0.744. The van der Waals surface area contributed by atoms with E-state index in [0.29, 0.717) is 11.3 Å². The molecule has 0 aromatic heterocycles. The second-order valence-corrected chi connectivity index (χ2v) is 4.08. The molecule has 7 heteroatoms. The van der Waals surface area contributed by atoms with Crippen molar-refractivity contribution in [3.8, 4) is 6.07 Å². The van der Waals surface area contributed by atoms with E-state index in [0.717, 1.165) is 5.01 Å². The minimum Gasteiger partial charge on any atom is -0.374 e. The van der Waals surface area contributed by atoms with Crippen molar-refractivity contribution in [2.75, 3.05) is 0 Å². The summed E-state index contributed by atoms with van der Waals surface area (Å²) in [6, 6.07) is 1.97. The molecule has 0 bridgehead atoms. The van der Waals surface area contributed by atoms with Gasteiger partial charge >= 0.3 is 0 Å². The van der Waals surface area contributed by atoms with E-state index in [4.69, 9.17) is 11.0 Å². The normalized spacial score (nSPS) is 18.8. The van der Waals surface area contributed by atoms with Crippen molar-refractivity contribution >= 4 is 34.4 Å². The zero-order valence-corrected chi connectivity index (χ0v) is 8.59. The molecular weight excluding hydrogens is 220 g/mol. The van der Waals surface area contributed by atoms with Crippen molar-refractivity contribution in [1.29, 1.82) is 5.26 Å². The van der Waals surface area contributed by atoms with Crippen LogP contribution in [0.4, 0.5) is 0 Å². The first-order chi connectivity index (χ1) is 6.69. The number of hydrogen-bond donors (Lipinski definition) is 1. The van der Waals surface area contributed by atoms with Crippen LogP contribution in [0.1, 0.15) is 0 Å². The zero-order chi connectivity index (χ0) is 10.6. The topological polar surface area (TPSA) is 82.5 Å². The average Bonchev–Trinajstić information content (AvgIpc) is 2.60. The molecule has 14 heavy (non-hydrogen) atoms. The van der Waals surface area contributed by atoms with Gasteiger partial charge in [0.05, 0.1) is 0 Å². The molecule has 1 rings (SSSR count). The fourth-order valence-electron chi connectivity index (χ4n) is 0.706. The Kier molecular flexibility index (Phi) is 3.50. The Morgan fingerprint density at radius 2 is 2.57 bits per heavy atom. The number of nitrogens with zero attached hydrogens (tertiary/aromatic N) is 3. The van der Waals surface area contributed by atoms with Crippen LogP contribution in [-0.2, 0) is 15.5 Å². The number of nitriles is 1. The van der Waals surface area contributed by atoms with E-state index in [2.05, 4.69) is 16.7 Å². The molecule has 0 aliphatic carbocycles. The van der Waals surface area contributed by atoms with Crippen LogP contribution in [0.15, 0.2) is 26.9 Å². The lowest BCUT2D eigenvalue weighted by Gasteiger charge is -2.08. The highest BCUT2D eigenvalue weighted by atomic mass is 32.2. The second-order valence-electron chi connectivity index (χ2n) is 2.16. The third-order valence-electron chi connectivity index (χ3n) is 1.29. The van der Waals surface area contributed by atoms with Crippen molar-refractivity contribution < 1.29 is 4.79 Å². The molecule has 0 fully saturated rings. The minimum absolute atomic E-state index is 0.134. The van der Waals surface area contributed by atoms with Crippen molar-refractivity contribution in [3.63, 3.8) is 0 Å². The van der Waals surface area contributed by atoms with Gasteiger partial charge in [0.25, 0.3) is 0 Å². The molecule has 1 atom stereocenters. The first kappa shape index (κ1) is 10.6. The van der Waals surface area contributed by atoms with Crippen LogP contribution in [0.3, 0.4) is 0 Å². The molecule has 0 spiro atoms. The Morgan fingerprint density at radius 1 is 1.86 bits per heavy atom. The number of thiocarbonyl (C=S) groups is 1. The van der Waals surface area contributed by atoms with E-state index < -0.39 is 10.7 Å². The van der Waals surface area contributed by atoms with Crippen LogP contribution in [0, 0.1) is 11.3 Å². The van der Waals surface area contributed by atoms with E-state index in [-0.39, 0.29) is 5.11 Å². The van der Waals surface area contributed by atoms with E-state index in [1.54, 1.807) is 17.6 Å². The van der Waals surface area contributed by atoms with Gasteiger partial charge in [-0.05, 0) is 34.4 Å². The maximum absolute atomic E-state index is 10.5. The summed E-state index contributed by atoms with van der Waals surface area (Å²) in [6.45, 7) is 0. The third kappa shape index (κ3) is 2.25. The molecule has 2 N–H and O–H groups in total. The van der Waals surface area contributed by atoms with Gasteiger partial charge in [-0.15, -0.1) is 4.47 Å². The lowest BCUT2D eigenvalue weighted by atomic mass is 10.5. The lowest BCUT2D eigenvalue weighted by molar-refractivity contribution is -0.114. The maximum Gasteiger partial charge on any atom is 0.237 e. The molecule has 1 heterocycles. The number of carbonyl (C=O) groups is 1. The molecule has 1 amide bonds. The monoisotopic (exact) mass is 226 g/mol. The van der Waals surface area contributed by atoms with E-state index >= 15 is 0 Å². The molecule has 1 aliphatic heterocycles. The number of hydrogen-bond acceptors (Lipinski definition) is 4. The largest absolute Gasteiger partial charge is 0.374 e. The third-order valence-corrected chi connectivity index (χ3v) is 2.92. The number of amides is 1. The SMILES string of the molecule is N#CC1=CC=C/S1=N\N(C=O)C(N)=S. The van der Waals surface area contributed by atoms with Crippen LogP contribution < -0.4 is 5.73 Å². The van der Waals surface area contributed by atoms with Crippen LogP contribution >= 0.6 is 12.2 Å². The predicted molar refractivity (Wildman–Crippen MR) is 57.3 cm³/mol. The second kappa shape index (κ2) is 4.64. The van der Waals surface area contributed by atoms with Gasteiger partial charge in [-0.25, -0.2) is 0 Å². The number of allylic oxidation sites excluding steroid dienone is 3. The Labute approximate surface area is 88.6 Å². The van der Waals surface area contributed by atoms with Crippen molar-refractivity contribution in [2.24, 2.45) is 10.2 Å². The van der Waals surface area contributed by atoms with Crippen molar-refractivity contribution in [2.45, 2.75) is 0 Å². The summed E-state index contributed by atoms with van der Waals surface area (Å²) in [4.78, 5) is 11.0. The smallest absolute Gasteiger partial charge is 0.237 e. The number of rotatable bonds is 2. The molecule has 0 saturated carbocycles. The summed E-state index contributed by atoms with van der Waals surface area (Å²) in [6.07, 6.45) is 3.75. The molecule has 0 saturated heterocycles. The van der Waals surface area contributed by atoms with Gasteiger partial charge in [0.15, 0.2) is 5.11 Å². The summed E-state index contributed by atoms with van der Waals surface area (Å²) >= 11 is 4.58. The van der Waals surface area contributed by atoms with Gasteiger partial charge in [0.1, 0.15) is 11.0 Å². The fraction of sp³-hybridized carbons (Fsp3) is 0. The molecule has 0 aromatic rings.